The Balaban J connectivity index is 0.00000242. The maximum absolute atomic E-state index is 4.27. The third kappa shape index (κ3) is 6.38. The highest BCUT2D eigenvalue weighted by Crippen LogP contribution is 2.29. The van der Waals surface area contributed by atoms with Gasteiger partial charge < -0.3 is 0 Å². The van der Waals surface area contributed by atoms with Gasteiger partial charge in [-0.15, -0.1) is 18.3 Å². The Kier molecular flexibility index (Phi) is 9.95. The molecule has 1 aromatic heterocycles. The molecule has 2 rings (SSSR count). The van der Waals surface area contributed by atoms with Crippen molar-refractivity contribution in [3.8, 4) is 11.8 Å². The van der Waals surface area contributed by atoms with E-state index < -0.39 is 0 Å². The van der Waals surface area contributed by atoms with Crippen LogP contribution < -0.4 is 0 Å². The third-order valence-corrected chi connectivity index (χ3v) is 4.25. The summed E-state index contributed by atoms with van der Waals surface area (Å²) in [6.45, 7) is 4.33. The number of unbranched alkanes of at least 4 members (excludes halogenated alkanes) is 4. The lowest BCUT2D eigenvalue weighted by Gasteiger charge is -2.34. The molecule has 1 aliphatic heterocycles. The molecular weight excluding hydrogens is 292 g/mol. The summed E-state index contributed by atoms with van der Waals surface area (Å²) in [5.74, 6) is 6.74. The molecule has 0 amide bonds. The molecule has 1 fully saturated rings. The maximum atomic E-state index is 4.27. The molecular formula is C19H29ClN2. The Morgan fingerprint density at radius 3 is 2.91 bits per heavy atom. The van der Waals surface area contributed by atoms with Gasteiger partial charge in [0.05, 0.1) is 6.54 Å². The van der Waals surface area contributed by atoms with E-state index in [4.69, 9.17) is 0 Å². The molecule has 0 unspecified atom stereocenters. The number of nitrogens with zero attached hydrogens (tertiary/aromatic N) is 2. The summed E-state index contributed by atoms with van der Waals surface area (Å²) in [5, 5.41) is 0. The Hall–Kier alpha value is -1.04. The summed E-state index contributed by atoms with van der Waals surface area (Å²) >= 11 is 0. The normalized spacial score (nSPS) is 18.1. The van der Waals surface area contributed by atoms with Crippen molar-refractivity contribution < 1.29 is 0 Å². The minimum atomic E-state index is 0. The molecule has 0 bridgehead atoms. The van der Waals surface area contributed by atoms with E-state index in [-0.39, 0.29) is 12.4 Å². The third-order valence-electron chi connectivity index (χ3n) is 4.25. The molecule has 0 spiro atoms. The van der Waals surface area contributed by atoms with Gasteiger partial charge in [-0.2, -0.15) is 0 Å². The lowest BCUT2D eigenvalue weighted by molar-refractivity contribution is 0.169. The van der Waals surface area contributed by atoms with E-state index in [2.05, 4.69) is 34.7 Å². The van der Waals surface area contributed by atoms with Crippen molar-refractivity contribution in [2.45, 2.75) is 64.3 Å². The standard InChI is InChI=1S/C19H28N2.ClH/c1-2-3-4-5-6-7-9-15-21-16-10-8-13-19(21)18-12-11-14-20-17-18;/h11-12,14,17,19H,2-6,8,10,13,15-16H2,1H3;1H/t19-;/m0./s1. The van der Waals surface area contributed by atoms with E-state index in [0.29, 0.717) is 6.04 Å². The smallest absolute Gasteiger partial charge is 0.0606 e. The largest absolute Gasteiger partial charge is 0.285 e. The molecule has 1 saturated heterocycles. The van der Waals surface area contributed by atoms with Gasteiger partial charge in [-0.1, -0.05) is 44.6 Å². The van der Waals surface area contributed by atoms with Crippen LogP contribution >= 0.6 is 12.4 Å². The highest BCUT2D eigenvalue weighted by atomic mass is 35.5. The number of likely N-dealkylation sites (tertiary alicyclic amines) is 1. The average Bonchev–Trinajstić information content (AvgIpc) is 2.55. The van der Waals surface area contributed by atoms with Crippen LogP contribution in [0.4, 0.5) is 0 Å². The van der Waals surface area contributed by atoms with E-state index >= 15 is 0 Å². The van der Waals surface area contributed by atoms with Gasteiger partial charge >= 0.3 is 0 Å². The molecule has 2 heterocycles. The second-order valence-corrected chi connectivity index (χ2v) is 5.93. The molecule has 0 saturated carbocycles. The fourth-order valence-electron chi connectivity index (χ4n) is 3.02. The second-order valence-electron chi connectivity index (χ2n) is 5.93. The lowest BCUT2D eigenvalue weighted by Crippen LogP contribution is -2.33. The average molecular weight is 321 g/mol. The van der Waals surface area contributed by atoms with Crippen LogP contribution in [0.25, 0.3) is 0 Å². The first-order valence-electron chi connectivity index (χ1n) is 8.51. The van der Waals surface area contributed by atoms with Gasteiger partial charge in [-0.25, -0.2) is 0 Å². The first-order chi connectivity index (χ1) is 10.4. The number of piperidine rings is 1. The molecule has 0 aliphatic carbocycles. The zero-order valence-corrected chi connectivity index (χ0v) is 14.6. The first kappa shape index (κ1) is 19.0. The first-order valence-corrected chi connectivity index (χ1v) is 8.51. The Bertz CT molecular complexity index is 449. The van der Waals surface area contributed by atoms with E-state index in [1.54, 1.807) is 0 Å². The minimum Gasteiger partial charge on any atom is -0.285 e. The Labute approximate surface area is 142 Å². The molecule has 0 aromatic carbocycles. The topological polar surface area (TPSA) is 16.1 Å². The highest BCUT2D eigenvalue weighted by Gasteiger charge is 2.22. The molecule has 1 atom stereocenters. The van der Waals surface area contributed by atoms with Crippen molar-refractivity contribution in [3.63, 3.8) is 0 Å². The number of rotatable bonds is 6. The predicted molar refractivity (Wildman–Crippen MR) is 96.2 cm³/mol. The van der Waals surface area contributed by atoms with Gasteiger partial charge in [0.25, 0.3) is 0 Å². The van der Waals surface area contributed by atoms with Gasteiger partial charge in [-0.05, 0) is 37.4 Å². The molecule has 1 aromatic rings. The zero-order chi connectivity index (χ0) is 14.8. The van der Waals surface area contributed by atoms with Crippen molar-refractivity contribution in [1.82, 2.24) is 9.88 Å². The summed E-state index contributed by atoms with van der Waals surface area (Å²) in [7, 11) is 0. The molecule has 1 aliphatic rings. The van der Waals surface area contributed by atoms with Crippen molar-refractivity contribution in [1.29, 1.82) is 0 Å². The van der Waals surface area contributed by atoms with Crippen LogP contribution in [-0.4, -0.2) is 23.0 Å². The SMILES string of the molecule is CCCCCCC#CCN1CCCC[C@H]1c1cccnc1.Cl. The summed E-state index contributed by atoms with van der Waals surface area (Å²) in [4.78, 5) is 6.80. The van der Waals surface area contributed by atoms with Crippen LogP contribution in [0, 0.1) is 11.8 Å². The highest BCUT2D eigenvalue weighted by molar-refractivity contribution is 5.85. The fraction of sp³-hybridized carbons (Fsp3) is 0.632. The predicted octanol–water partition coefficient (Wildman–Crippen LogP) is 5.00. The van der Waals surface area contributed by atoms with Gasteiger partial charge in [0.15, 0.2) is 0 Å². The fourth-order valence-corrected chi connectivity index (χ4v) is 3.02. The number of hydrogen-bond donors (Lipinski definition) is 0. The number of halogens is 1. The maximum Gasteiger partial charge on any atom is 0.0606 e. The monoisotopic (exact) mass is 320 g/mol. The zero-order valence-electron chi connectivity index (χ0n) is 13.8. The van der Waals surface area contributed by atoms with Gasteiger partial charge in [0.2, 0.25) is 0 Å². The Morgan fingerprint density at radius 1 is 1.23 bits per heavy atom. The van der Waals surface area contributed by atoms with Crippen molar-refractivity contribution in [2.75, 3.05) is 13.1 Å². The summed E-state index contributed by atoms with van der Waals surface area (Å²) in [6.07, 6.45) is 14.0. The number of aromatic nitrogens is 1. The molecule has 22 heavy (non-hydrogen) atoms. The van der Waals surface area contributed by atoms with Crippen molar-refractivity contribution >= 4 is 12.4 Å². The number of pyridine rings is 1. The van der Waals surface area contributed by atoms with Crippen LogP contribution in [0.5, 0.6) is 0 Å². The van der Waals surface area contributed by atoms with Gasteiger partial charge in [-0.3, -0.25) is 9.88 Å². The van der Waals surface area contributed by atoms with Crippen molar-refractivity contribution in [2.24, 2.45) is 0 Å². The Morgan fingerprint density at radius 2 is 2.14 bits per heavy atom. The van der Waals surface area contributed by atoms with Gasteiger partial charge in [0.1, 0.15) is 0 Å². The number of hydrogen-bond acceptors (Lipinski definition) is 2. The van der Waals surface area contributed by atoms with Crippen LogP contribution in [0.1, 0.15) is 69.9 Å². The van der Waals surface area contributed by atoms with Gasteiger partial charge in [0, 0.05) is 24.9 Å². The lowest BCUT2D eigenvalue weighted by atomic mass is 9.96. The van der Waals surface area contributed by atoms with Crippen LogP contribution in [-0.2, 0) is 0 Å². The summed E-state index contributed by atoms with van der Waals surface area (Å²) in [5.41, 5.74) is 1.35. The van der Waals surface area contributed by atoms with E-state index in [0.717, 1.165) is 13.0 Å². The molecule has 3 heteroatoms. The van der Waals surface area contributed by atoms with Crippen LogP contribution in [0.15, 0.2) is 24.5 Å². The van der Waals surface area contributed by atoms with Crippen LogP contribution in [0.3, 0.4) is 0 Å². The molecule has 122 valence electrons. The van der Waals surface area contributed by atoms with E-state index in [9.17, 15) is 0 Å². The van der Waals surface area contributed by atoms with E-state index in [1.807, 2.05) is 18.5 Å². The molecule has 2 nitrogen and oxygen atoms in total. The molecule has 0 radical (unpaired) electrons. The quantitative estimate of drug-likeness (QED) is 0.541. The molecule has 0 N–H and O–H groups in total. The minimum absolute atomic E-state index is 0. The summed E-state index contributed by atoms with van der Waals surface area (Å²) < 4.78 is 0. The summed E-state index contributed by atoms with van der Waals surface area (Å²) in [6, 6.07) is 4.76. The van der Waals surface area contributed by atoms with Crippen LogP contribution in [0.2, 0.25) is 0 Å². The van der Waals surface area contributed by atoms with Crippen molar-refractivity contribution in [3.05, 3.63) is 30.1 Å². The second kappa shape index (κ2) is 11.5. The van der Waals surface area contributed by atoms with E-state index in [1.165, 1.54) is 57.1 Å².